The summed E-state index contributed by atoms with van der Waals surface area (Å²) in [4.78, 5) is 70.2. The number of nitrogens with zero attached hydrogens (tertiary/aromatic N) is 2. The molecular formula is C25H25N5O5. The Morgan fingerprint density at radius 2 is 1.66 bits per heavy atom. The first-order valence-electron chi connectivity index (χ1n) is 11.5. The van der Waals surface area contributed by atoms with E-state index in [9.17, 15) is 24.0 Å². The minimum absolute atomic E-state index is 0.0257. The van der Waals surface area contributed by atoms with E-state index in [0.717, 1.165) is 5.56 Å². The van der Waals surface area contributed by atoms with Gasteiger partial charge in [-0.25, -0.2) is 0 Å². The van der Waals surface area contributed by atoms with E-state index in [1.165, 1.54) is 6.92 Å². The first-order chi connectivity index (χ1) is 16.8. The molecular weight excluding hydrogens is 450 g/mol. The molecule has 180 valence electrons. The highest BCUT2D eigenvalue weighted by Gasteiger charge is 2.47. The average molecular weight is 476 g/mol. The number of H-pyrrole nitrogens is 2. The van der Waals surface area contributed by atoms with Crippen LogP contribution in [0.2, 0.25) is 0 Å². The van der Waals surface area contributed by atoms with Crippen LogP contribution in [-0.2, 0) is 16.1 Å². The van der Waals surface area contributed by atoms with Crippen molar-refractivity contribution >= 4 is 34.4 Å². The monoisotopic (exact) mass is 475 g/mol. The van der Waals surface area contributed by atoms with Crippen LogP contribution in [0.4, 0.5) is 5.69 Å². The molecule has 1 saturated heterocycles. The Bertz CT molecular complexity index is 1460. The Morgan fingerprint density at radius 3 is 2.34 bits per heavy atom. The highest BCUT2D eigenvalue weighted by molar-refractivity contribution is 6.00. The lowest BCUT2D eigenvalue weighted by molar-refractivity contribution is -0.131. The number of hydrogen-bond acceptors (Lipinski definition) is 5. The van der Waals surface area contributed by atoms with Crippen LogP contribution >= 0.6 is 0 Å². The normalized spacial score (nSPS) is 16.9. The van der Waals surface area contributed by atoms with Gasteiger partial charge in [-0.2, -0.15) is 0 Å². The lowest BCUT2D eigenvalue weighted by atomic mass is 9.82. The fourth-order valence-electron chi connectivity index (χ4n) is 5.11. The third kappa shape index (κ3) is 4.11. The van der Waals surface area contributed by atoms with E-state index in [-0.39, 0.29) is 24.1 Å². The van der Waals surface area contributed by atoms with Gasteiger partial charge >= 0.3 is 11.1 Å². The van der Waals surface area contributed by atoms with E-state index in [1.54, 1.807) is 34.1 Å². The van der Waals surface area contributed by atoms with Crippen LogP contribution in [0.1, 0.15) is 42.1 Å². The van der Waals surface area contributed by atoms with Gasteiger partial charge in [0.2, 0.25) is 11.8 Å². The SMILES string of the molecule is CC(=O)N1CCC(CC(=O)Nc2ccc3[nH]c(=O)c(=O)[nH]c3c2)(N2Cc3ccccc3C2=O)CC1. The lowest BCUT2D eigenvalue weighted by Gasteiger charge is -2.47. The number of amides is 3. The van der Waals surface area contributed by atoms with Crippen LogP contribution in [0, 0.1) is 0 Å². The maximum atomic E-state index is 13.3. The van der Waals surface area contributed by atoms with E-state index in [0.29, 0.717) is 54.8 Å². The Balaban J connectivity index is 1.40. The van der Waals surface area contributed by atoms with Crippen LogP contribution in [0.25, 0.3) is 11.0 Å². The predicted octanol–water partition coefficient (Wildman–Crippen LogP) is 1.58. The van der Waals surface area contributed by atoms with Gasteiger partial charge < -0.3 is 25.1 Å². The second kappa shape index (κ2) is 8.53. The summed E-state index contributed by atoms with van der Waals surface area (Å²) in [5.74, 6) is -0.407. The third-order valence-corrected chi connectivity index (χ3v) is 7.03. The molecule has 0 spiro atoms. The van der Waals surface area contributed by atoms with Crippen molar-refractivity contribution in [2.24, 2.45) is 0 Å². The molecule has 0 unspecified atom stereocenters. The molecule has 0 radical (unpaired) electrons. The molecule has 35 heavy (non-hydrogen) atoms. The molecule has 1 fully saturated rings. The number of aromatic amines is 2. The first kappa shape index (κ1) is 22.6. The number of hydrogen-bond donors (Lipinski definition) is 3. The number of benzene rings is 2. The Labute approximate surface area is 199 Å². The largest absolute Gasteiger partial charge is 0.343 e. The van der Waals surface area contributed by atoms with Crippen LogP contribution in [0.5, 0.6) is 0 Å². The molecule has 0 aliphatic carbocycles. The topological polar surface area (TPSA) is 135 Å². The minimum Gasteiger partial charge on any atom is -0.343 e. The molecule has 3 heterocycles. The molecule has 2 aromatic carbocycles. The number of rotatable bonds is 4. The maximum absolute atomic E-state index is 13.3. The summed E-state index contributed by atoms with van der Waals surface area (Å²) in [6.45, 7) is 2.88. The standard InChI is InChI=1S/C25H25N5O5/c1-15(31)29-10-8-25(9-11-29,30-14-16-4-2-3-5-18(16)24(30)35)13-21(32)26-17-6-7-19-20(12-17)28-23(34)22(33)27-19/h2-7,12H,8-11,13-14H2,1H3,(H,26,32)(H,27,33)(H,28,34). The molecule has 0 saturated carbocycles. The fraction of sp³-hybridized carbons (Fsp3) is 0.320. The molecule has 0 bridgehead atoms. The van der Waals surface area contributed by atoms with E-state index in [2.05, 4.69) is 15.3 Å². The van der Waals surface area contributed by atoms with Gasteiger partial charge in [-0.1, -0.05) is 18.2 Å². The predicted molar refractivity (Wildman–Crippen MR) is 129 cm³/mol. The van der Waals surface area contributed by atoms with Crippen LogP contribution in [-0.4, -0.2) is 56.1 Å². The minimum atomic E-state index is -0.774. The summed E-state index contributed by atoms with van der Waals surface area (Å²) in [7, 11) is 0. The molecule has 10 nitrogen and oxygen atoms in total. The summed E-state index contributed by atoms with van der Waals surface area (Å²) in [5.41, 5.74) is 0.615. The zero-order chi connectivity index (χ0) is 24.7. The van der Waals surface area contributed by atoms with Gasteiger partial charge in [-0.15, -0.1) is 0 Å². The van der Waals surface area contributed by atoms with Gasteiger partial charge in [0.25, 0.3) is 5.91 Å². The fourth-order valence-corrected chi connectivity index (χ4v) is 5.11. The van der Waals surface area contributed by atoms with Gasteiger partial charge in [-0.05, 0) is 42.7 Å². The number of piperidine rings is 1. The number of nitrogens with one attached hydrogen (secondary N) is 3. The quantitative estimate of drug-likeness (QED) is 0.493. The number of anilines is 1. The second-order valence-electron chi connectivity index (χ2n) is 9.17. The molecule has 1 aromatic heterocycles. The molecule has 2 aliphatic rings. The summed E-state index contributed by atoms with van der Waals surface area (Å²) in [6, 6.07) is 12.3. The van der Waals surface area contributed by atoms with E-state index in [4.69, 9.17) is 0 Å². The van der Waals surface area contributed by atoms with E-state index < -0.39 is 16.7 Å². The molecule has 3 amide bonds. The van der Waals surface area contributed by atoms with Crippen LogP contribution < -0.4 is 16.4 Å². The van der Waals surface area contributed by atoms with Crippen molar-refractivity contribution in [2.45, 2.75) is 38.3 Å². The average Bonchev–Trinajstić information content (AvgIpc) is 3.17. The Kier molecular flexibility index (Phi) is 5.50. The molecule has 0 atom stereocenters. The van der Waals surface area contributed by atoms with E-state index in [1.807, 2.05) is 18.2 Å². The number of carbonyl (C=O) groups excluding carboxylic acids is 3. The highest BCUT2D eigenvalue weighted by atomic mass is 16.2. The third-order valence-electron chi connectivity index (χ3n) is 7.03. The Hall–Kier alpha value is -4.21. The molecule has 2 aliphatic heterocycles. The van der Waals surface area contributed by atoms with Crippen LogP contribution in [0.3, 0.4) is 0 Å². The maximum Gasteiger partial charge on any atom is 0.314 e. The highest BCUT2D eigenvalue weighted by Crippen LogP contribution is 2.39. The van der Waals surface area contributed by atoms with Crippen molar-refractivity contribution in [3.8, 4) is 0 Å². The number of aromatic nitrogens is 2. The molecule has 3 N–H and O–H groups in total. The molecule has 5 rings (SSSR count). The van der Waals surface area contributed by atoms with Crippen molar-refractivity contribution in [3.05, 3.63) is 74.3 Å². The zero-order valence-corrected chi connectivity index (χ0v) is 19.2. The van der Waals surface area contributed by atoms with Gasteiger partial charge in [0.05, 0.1) is 23.0 Å². The van der Waals surface area contributed by atoms with Crippen molar-refractivity contribution in [2.75, 3.05) is 18.4 Å². The first-order valence-corrected chi connectivity index (χ1v) is 11.5. The smallest absolute Gasteiger partial charge is 0.314 e. The zero-order valence-electron chi connectivity index (χ0n) is 19.2. The van der Waals surface area contributed by atoms with Crippen molar-refractivity contribution in [1.82, 2.24) is 19.8 Å². The van der Waals surface area contributed by atoms with Crippen molar-refractivity contribution in [1.29, 1.82) is 0 Å². The number of carbonyl (C=O) groups is 3. The van der Waals surface area contributed by atoms with Gasteiger partial charge in [0, 0.05) is 37.8 Å². The Morgan fingerprint density at radius 1 is 0.971 bits per heavy atom. The lowest BCUT2D eigenvalue weighted by Crippen LogP contribution is -2.57. The number of likely N-dealkylation sites (tertiary alicyclic amines) is 1. The summed E-state index contributed by atoms with van der Waals surface area (Å²) < 4.78 is 0. The molecule has 3 aromatic rings. The summed E-state index contributed by atoms with van der Waals surface area (Å²) in [5, 5.41) is 2.86. The summed E-state index contributed by atoms with van der Waals surface area (Å²) >= 11 is 0. The summed E-state index contributed by atoms with van der Waals surface area (Å²) in [6.07, 6.45) is 1.05. The molecule has 10 heteroatoms. The number of fused-ring (bicyclic) bond motifs is 2. The van der Waals surface area contributed by atoms with Crippen molar-refractivity contribution < 1.29 is 14.4 Å². The van der Waals surface area contributed by atoms with Gasteiger partial charge in [0.1, 0.15) is 0 Å². The van der Waals surface area contributed by atoms with E-state index >= 15 is 0 Å². The van der Waals surface area contributed by atoms with Gasteiger partial charge in [-0.3, -0.25) is 24.0 Å². The van der Waals surface area contributed by atoms with Crippen LogP contribution in [0.15, 0.2) is 52.1 Å². The van der Waals surface area contributed by atoms with Gasteiger partial charge in [0.15, 0.2) is 0 Å². The second-order valence-corrected chi connectivity index (χ2v) is 9.17. The van der Waals surface area contributed by atoms with Crippen molar-refractivity contribution in [3.63, 3.8) is 0 Å².